The Labute approximate surface area is 104 Å². The quantitative estimate of drug-likeness (QED) is 0.478. The van der Waals surface area contributed by atoms with Crippen LogP contribution < -0.4 is 10.2 Å². The zero-order chi connectivity index (χ0) is 8.31. The Morgan fingerprint density at radius 3 is 1.25 bits per heavy atom. The third kappa shape index (κ3) is 5.89. The number of aliphatic carboxylic acids is 2. The van der Waals surface area contributed by atoms with E-state index in [0.29, 0.717) is 0 Å². The van der Waals surface area contributed by atoms with Gasteiger partial charge in [-0.25, -0.2) is 0 Å². The van der Waals surface area contributed by atoms with Crippen molar-refractivity contribution in [3.05, 3.63) is 0 Å². The molecule has 4 N–H and O–H groups in total. The largest absolute Gasteiger partial charge is 2.00 e. The molecular formula is C4H6O7Sr. The van der Waals surface area contributed by atoms with Crippen LogP contribution in [0.1, 0.15) is 0 Å². The van der Waals surface area contributed by atoms with Crippen molar-refractivity contribution >= 4 is 57.4 Å². The van der Waals surface area contributed by atoms with E-state index in [1.54, 1.807) is 0 Å². The molecule has 2 unspecified atom stereocenters. The van der Waals surface area contributed by atoms with Crippen LogP contribution in [0.2, 0.25) is 0 Å². The van der Waals surface area contributed by atoms with E-state index in [4.69, 9.17) is 10.2 Å². The van der Waals surface area contributed by atoms with Gasteiger partial charge in [0.25, 0.3) is 0 Å². The first-order valence-electron chi connectivity index (χ1n) is 2.24. The number of hydrogen-bond donors (Lipinski definition) is 2. The zero-order valence-corrected chi connectivity index (χ0v) is 9.37. The smallest absolute Gasteiger partial charge is 0.547 e. The molecule has 66 valence electrons. The van der Waals surface area contributed by atoms with E-state index in [2.05, 4.69) is 0 Å². The second-order valence-electron chi connectivity index (χ2n) is 1.53. The van der Waals surface area contributed by atoms with Gasteiger partial charge in [0, 0.05) is 0 Å². The van der Waals surface area contributed by atoms with Crippen molar-refractivity contribution in [2.75, 3.05) is 0 Å². The minimum Gasteiger partial charge on any atom is -0.547 e. The van der Waals surface area contributed by atoms with Gasteiger partial charge in [0.15, 0.2) is 0 Å². The van der Waals surface area contributed by atoms with E-state index in [0.717, 1.165) is 0 Å². The number of carboxylic acids is 2. The van der Waals surface area contributed by atoms with Gasteiger partial charge in [0.05, 0.1) is 11.9 Å². The second-order valence-corrected chi connectivity index (χ2v) is 1.53. The summed E-state index contributed by atoms with van der Waals surface area (Å²) in [6, 6.07) is 0. The monoisotopic (exact) mass is 254 g/mol. The van der Waals surface area contributed by atoms with Crippen LogP contribution in [0.4, 0.5) is 0 Å². The number of carbonyl (C=O) groups excluding carboxylic acids is 2. The molecule has 0 radical (unpaired) electrons. The summed E-state index contributed by atoms with van der Waals surface area (Å²) in [6.45, 7) is 0. The van der Waals surface area contributed by atoms with Gasteiger partial charge in [-0.2, -0.15) is 0 Å². The van der Waals surface area contributed by atoms with Crippen LogP contribution in [0.3, 0.4) is 0 Å². The standard InChI is InChI=1S/C4H6O6.H2O.Sr/c5-1(3(7)8)2(6)4(9)10;;/h1-2,5-6H,(H,7,8)(H,9,10);1H2;/q;;+2/p-2. The third-order valence-electron chi connectivity index (χ3n) is 0.782. The zero-order valence-electron chi connectivity index (χ0n) is 5.89. The molecule has 0 rings (SSSR count). The van der Waals surface area contributed by atoms with E-state index in [-0.39, 0.29) is 51.0 Å². The molecule has 7 nitrogen and oxygen atoms in total. The fourth-order valence-corrected chi connectivity index (χ4v) is 0.258. The molecule has 0 aromatic carbocycles. The first-order valence-corrected chi connectivity index (χ1v) is 2.24. The van der Waals surface area contributed by atoms with Crippen LogP contribution >= 0.6 is 0 Å². The second kappa shape index (κ2) is 7.92. The average Bonchev–Trinajstić information content (AvgIpc) is 1.84. The molecule has 0 saturated carbocycles. The fraction of sp³-hybridized carbons (Fsp3) is 0.500. The molecule has 0 aliphatic rings. The Morgan fingerprint density at radius 1 is 1.00 bits per heavy atom. The van der Waals surface area contributed by atoms with Gasteiger partial charge in [0.2, 0.25) is 0 Å². The molecule has 0 spiro atoms. The molecule has 0 aromatic heterocycles. The molecule has 2 atom stereocenters. The summed E-state index contributed by atoms with van der Waals surface area (Å²) in [5.74, 6) is -4.12. The molecule has 0 saturated heterocycles. The normalized spacial score (nSPS) is 13.2. The molecule has 0 aromatic rings. The van der Waals surface area contributed by atoms with Crippen molar-refractivity contribution in [2.24, 2.45) is 0 Å². The minimum absolute atomic E-state index is 0. The molecule has 0 heterocycles. The van der Waals surface area contributed by atoms with E-state index in [9.17, 15) is 19.8 Å². The maximum Gasteiger partial charge on any atom is 2.00 e. The Hall–Kier alpha value is 0.301. The maximum atomic E-state index is 9.63. The van der Waals surface area contributed by atoms with Crippen molar-refractivity contribution < 1.29 is 35.5 Å². The first-order chi connectivity index (χ1) is 4.46. The number of rotatable bonds is 3. The van der Waals surface area contributed by atoms with Gasteiger partial charge in [-0.1, -0.05) is 0 Å². The van der Waals surface area contributed by atoms with E-state index < -0.39 is 24.1 Å². The van der Waals surface area contributed by atoms with Gasteiger partial charge in [-0.15, -0.1) is 0 Å². The van der Waals surface area contributed by atoms with E-state index in [1.165, 1.54) is 0 Å². The van der Waals surface area contributed by atoms with Crippen molar-refractivity contribution in [3.8, 4) is 0 Å². The van der Waals surface area contributed by atoms with Crippen LogP contribution in [-0.4, -0.2) is 85.3 Å². The predicted octanol–water partition coefficient (Wildman–Crippen LogP) is -6.00. The molecule has 8 heteroatoms. The Morgan fingerprint density at radius 2 is 1.17 bits per heavy atom. The maximum absolute atomic E-state index is 9.63. The summed E-state index contributed by atoms with van der Waals surface area (Å²) in [6.07, 6.45) is -4.88. The number of carboxylic acid groups (broad SMARTS) is 2. The number of aliphatic hydroxyl groups excluding tert-OH is 2. The summed E-state index contributed by atoms with van der Waals surface area (Å²) < 4.78 is 0. The molecule has 0 amide bonds. The van der Waals surface area contributed by atoms with Crippen molar-refractivity contribution in [3.63, 3.8) is 0 Å². The van der Waals surface area contributed by atoms with Crippen molar-refractivity contribution in [1.29, 1.82) is 0 Å². The van der Waals surface area contributed by atoms with E-state index >= 15 is 0 Å². The molecule has 0 aliphatic heterocycles. The predicted molar refractivity (Wildman–Crippen MR) is 31.4 cm³/mol. The number of carbonyl (C=O) groups is 2. The van der Waals surface area contributed by atoms with Crippen molar-refractivity contribution in [1.82, 2.24) is 0 Å². The van der Waals surface area contributed by atoms with Gasteiger partial charge in [-0.3, -0.25) is 0 Å². The number of hydrogen-bond acceptors (Lipinski definition) is 6. The fourth-order valence-electron chi connectivity index (χ4n) is 0.258. The summed E-state index contributed by atoms with van der Waals surface area (Å²) in [5, 5.41) is 35.7. The van der Waals surface area contributed by atoms with Gasteiger partial charge < -0.3 is 35.5 Å². The van der Waals surface area contributed by atoms with Crippen LogP contribution in [0.25, 0.3) is 0 Å². The Bertz CT molecular complexity index is 139. The molecule has 0 aliphatic carbocycles. The van der Waals surface area contributed by atoms with Crippen LogP contribution in [0.15, 0.2) is 0 Å². The number of aliphatic hydroxyl groups is 2. The molecular weight excluding hydrogens is 248 g/mol. The minimum atomic E-state index is -2.44. The SMILES string of the molecule is O.O=C([O-])C(O)C(O)C(=O)[O-].[Sr+2]. The van der Waals surface area contributed by atoms with Gasteiger partial charge in [0.1, 0.15) is 12.2 Å². The first kappa shape index (κ1) is 18.2. The Kier molecular flexibility index (Phi) is 12.0. The average molecular weight is 254 g/mol. The summed E-state index contributed by atoms with van der Waals surface area (Å²) in [7, 11) is 0. The van der Waals surface area contributed by atoms with Crippen molar-refractivity contribution in [2.45, 2.75) is 12.2 Å². The van der Waals surface area contributed by atoms with Crippen LogP contribution in [0, 0.1) is 0 Å². The topological polar surface area (TPSA) is 152 Å². The van der Waals surface area contributed by atoms with Crippen LogP contribution in [0.5, 0.6) is 0 Å². The third-order valence-corrected chi connectivity index (χ3v) is 0.782. The van der Waals surface area contributed by atoms with E-state index in [1.807, 2.05) is 0 Å². The molecule has 0 bridgehead atoms. The Balaban J connectivity index is -0.000000405. The summed E-state index contributed by atoms with van der Waals surface area (Å²) in [4.78, 5) is 19.3. The summed E-state index contributed by atoms with van der Waals surface area (Å²) in [5.41, 5.74) is 0. The summed E-state index contributed by atoms with van der Waals surface area (Å²) >= 11 is 0. The van der Waals surface area contributed by atoms with Gasteiger partial charge in [-0.05, 0) is 0 Å². The molecule has 0 fully saturated rings. The van der Waals surface area contributed by atoms with Gasteiger partial charge >= 0.3 is 45.5 Å². The van der Waals surface area contributed by atoms with Crippen LogP contribution in [-0.2, 0) is 9.59 Å². The molecule has 12 heavy (non-hydrogen) atoms.